The number of nitrogens with one attached hydrogen (secondary N) is 1. The van der Waals surface area contributed by atoms with E-state index in [9.17, 15) is 9.59 Å². The highest BCUT2D eigenvalue weighted by Crippen LogP contribution is 2.28. The lowest BCUT2D eigenvalue weighted by molar-refractivity contribution is -0.124. The minimum Gasteiger partial charge on any atom is -0.354 e. The number of hydrogen-bond donors (Lipinski definition) is 1. The van der Waals surface area contributed by atoms with Gasteiger partial charge in [-0.2, -0.15) is 0 Å². The average molecular weight is 416 g/mol. The first-order valence-corrected chi connectivity index (χ1v) is 11.1. The maximum atomic E-state index is 13.2. The van der Waals surface area contributed by atoms with Crippen molar-refractivity contribution in [2.75, 3.05) is 18.0 Å². The standard InChI is InChI=1S/C26H29N3O2/c1-19-26(31)29(18-24(30)27-17-16-20-10-4-2-5-11-20)23-15-9-8-14-22(23)25(28-19)21-12-6-3-7-13-21/h3,6-10,12-15,19H,2,4-5,11,16-18H2,1H3,(H,27,30). The Balaban J connectivity index is 1.52. The van der Waals surface area contributed by atoms with Crippen molar-refractivity contribution >= 4 is 23.2 Å². The number of para-hydroxylation sites is 1. The molecule has 1 aliphatic heterocycles. The van der Waals surface area contributed by atoms with Crippen LogP contribution in [0.3, 0.4) is 0 Å². The van der Waals surface area contributed by atoms with Gasteiger partial charge in [0, 0.05) is 17.7 Å². The van der Waals surface area contributed by atoms with Crippen LogP contribution in [0.5, 0.6) is 0 Å². The molecule has 0 aromatic heterocycles. The zero-order chi connectivity index (χ0) is 21.6. The summed E-state index contributed by atoms with van der Waals surface area (Å²) in [6.45, 7) is 2.39. The van der Waals surface area contributed by atoms with E-state index >= 15 is 0 Å². The van der Waals surface area contributed by atoms with Gasteiger partial charge in [-0.05, 0) is 45.1 Å². The molecule has 0 fully saturated rings. The minimum atomic E-state index is -0.567. The molecule has 0 spiro atoms. The number of rotatable bonds is 6. The van der Waals surface area contributed by atoms with E-state index in [0.29, 0.717) is 6.54 Å². The molecular weight excluding hydrogens is 386 g/mol. The maximum absolute atomic E-state index is 13.2. The quantitative estimate of drug-likeness (QED) is 0.717. The Morgan fingerprint density at radius 3 is 2.65 bits per heavy atom. The number of benzodiazepines with no additional fused rings is 1. The first-order chi connectivity index (χ1) is 15.1. The number of nitrogens with zero attached hydrogens (tertiary/aromatic N) is 2. The van der Waals surface area contributed by atoms with E-state index in [2.05, 4.69) is 11.4 Å². The van der Waals surface area contributed by atoms with E-state index in [-0.39, 0.29) is 18.4 Å². The number of aliphatic imine (C=N–C) groups is 1. The second-order valence-corrected chi connectivity index (χ2v) is 8.17. The smallest absolute Gasteiger partial charge is 0.252 e. The van der Waals surface area contributed by atoms with E-state index in [1.165, 1.54) is 18.4 Å². The molecule has 5 heteroatoms. The van der Waals surface area contributed by atoms with E-state index < -0.39 is 6.04 Å². The summed E-state index contributed by atoms with van der Waals surface area (Å²) in [5.74, 6) is -0.307. The Labute approximate surface area is 183 Å². The van der Waals surface area contributed by atoms with Crippen LogP contribution < -0.4 is 10.2 Å². The van der Waals surface area contributed by atoms with Crippen molar-refractivity contribution in [2.45, 2.75) is 45.1 Å². The lowest BCUT2D eigenvalue weighted by Gasteiger charge is -2.24. The van der Waals surface area contributed by atoms with Crippen LogP contribution in [0.15, 0.2) is 71.2 Å². The second kappa shape index (κ2) is 9.73. The van der Waals surface area contributed by atoms with E-state index in [1.54, 1.807) is 11.8 Å². The number of fused-ring (bicyclic) bond motifs is 1. The maximum Gasteiger partial charge on any atom is 0.252 e. The Hall–Kier alpha value is -3.21. The summed E-state index contributed by atoms with van der Waals surface area (Å²) in [4.78, 5) is 32.2. The highest BCUT2D eigenvalue weighted by Gasteiger charge is 2.30. The zero-order valence-corrected chi connectivity index (χ0v) is 18.0. The van der Waals surface area contributed by atoms with Gasteiger partial charge in [-0.25, -0.2) is 0 Å². The molecule has 2 aliphatic rings. The van der Waals surface area contributed by atoms with Gasteiger partial charge < -0.3 is 10.2 Å². The topological polar surface area (TPSA) is 61.8 Å². The first kappa shape index (κ1) is 21.0. The third kappa shape index (κ3) is 4.93. The summed E-state index contributed by atoms with van der Waals surface area (Å²) in [7, 11) is 0. The van der Waals surface area contributed by atoms with Crippen LogP contribution in [-0.4, -0.2) is 36.7 Å². The molecule has 2 aromatic carbocycles. The van der Waals surface area contributed by atoms with Crippen molar-refractivity contribution in [3.63, 3.8) is 0 Å². The van der Waals surface area contributed by atoms with Gasteiger partial charge in [0.1, 0.15) is 12.6 Å². The molecule has 31 heavy (non-hydrogen) atoms. The first-order valence-electron chi connectivity index (χ1n) is 11.1. The summed E-state index contributed by atoms with van der Waals surface area (Å²) in [5, 5.41) is 3.00. The van der Waals surface area contributed by atoms with Gasteiger partial charge in [0.15, 0.2) is 0 Å². The molecule has 0 bridgehead atoms. The second-order valence-electron chi connectivity index (χ2n) is 8.17. The summed E-state index contributed by atoms with van der Waals surface area (Å²) < 4.78 is 0. The largest absolute Gasteiger partial charge is 0.354 e. The monoisotopic (exact) mass is 415 g/mol. The third-order valence-electron chi connectivity index (χ3n) is 5.90. The zero-order valence-electron chi connectivity index (χ0n) is 18.0. The Morgan fingerprint density at radius 2 is 1.87 bits per heavy atom. The third-order valence-corrected chi connectivity index (χ3v) is 5.90. The molecule has 5 nitrogen and oxygen atoms in total. The molecule has 1 heterocycles. The van der Waals surface area contributed by atoms with Crippen LogP contribution in [0.2, 0.25) is 0 Å². The number of carbonyl (C=O) groups is 2. The summed E-state index contributed by atoms with van der Waals surface area (Å²) in [5.41, 5.74) is 4.76. The van der Waals surface area contributed by atoms with Crippen LogP contribution in [0.4, 0.5) is 5.69 Å². The van der Waals surface area contributed by atoms with Gasteiger partial charge in [-0.15, -0.1) is 0 Å². The van der Waals surface area contributed by atoms with Crippen molar-refractivity contribution in [1.29, 1.82) is 0 Å². The van der Waals surface area contributed by atoms with E-state index in [1.807, 2.05) is 54.6 Å². The van der Waals surface area contributed by atoms with Gasteiger partial charge in [-0.3, -0.25) is 14.6 Å². The molecule has 0 saturated heterocycles. The van der Waals surface area contributed by atoms with Gasteiger partial charge in [-0.1, -0.05) is 60.2 Å². The fourth-order valence-corrected chi connectivity index (χ4v) is 4.25. The van der Waals surface area contributed by atoms with Crippen molar-refractivity contribution in [3.8, 4) is 0 Å². The molecule has 1 atom stereocenters. The molecular formula is C26H29N3O2. The van der Waals surface area contributed by atoms with Gasteiger partial charge in [0.2, 0.25) is 5.91 Å². The highest BCUT2D eigenvalue weighted by molar-refractivity contribution is 6.20. The molecule has 1 aliphatic carbocycles. The minimum absolute atomic E-state index is 0.00315. The SMILES string of the molecule is CC1N=C(c2ccccc2)c2ccccc2N(CC(=O)NCCC2=CCCCC2)C1=O. The number of anilines is 1. The number of benzene rings is 2. The molecule has 0 radical (unpaired) electrons. The molecule has 1 N–H and O–H groups in total. The number of allylic oxidation sites excluding steroid dienone is 1. The molecule has 2 aromatic rings. The molecule has 0 saturated carbocycles. The average Bonchev–Trinajstić information content (AvgIpc) is 2.91. The van der Waals surface area contributed by atoms with Crippen molar-refractivity contribution < 1.29 is 9.59 Å². The Kier molecular flexibility index (Phi) is 6.60. The molecule has 160 valence electrons. The summed E-state index contributed by atoms with van der Waals surface area (Å²) in [6.07, 6.45) is 7.95. The van der Waals surface area contributed by atoms with Crippen LogP contribution in [0.1, 0.15) is 50.2 Å². The van der Waals surface area contributed by atoms with Gasteiger partial charge in [0.05, 0.1) is 11.4 Å². The van der Waals surface area contributed by atoms with Crippen molar-refractivity contribution in [2.24, 2.45) is 4.99 Å². The molecule has 4 rings (SSSR count). The summed E-state index contributed by atoms with van der Waals surface area (Å²) in [6, 6.07) is 17.0. The van der Waals surface area contributed by atoms with E-state index in [0.717, 1.165) is 41.8 Å². The number of hydrogen-bond acceptors (Lipinski definition) is 3. The normalized spacial score (nSPS) is 18.5. The van der Waals surface area contributed by atoms with Crippen LogP contribution >= 0.6 is 0 Å². The number of amides is 2. The highest BCUT2D eigenvalue weighted by atomic mass is 16.2. The van der Waals surface area contributed by atoms with Gasteiger partial charge in [0.25, 0.3) is 5.91 Å². The predicted octanol–water partition coefficient (Wildman–Crippen LogP) is 4.27. The lowest BCUT2D eigenvalue weighted by Crippen LogP contribution is -2.44. The van der Waals surface area contributed by atoms with Gasteiger partial charge >= 0.3 is 0 Å². The fraction of sp³-hybridized carbons (Fsp3) is 0.346. The fourth-order valence-electron chi connectivity index (χ4n) is 4.25. The number of carbonyl (C=O) groups excluding carboxylic acids is 2. The van der Waals surface area contributed by atoms with Crippen LogP contribution in [-0.2, 0) is 9.59 Å². The summed E-state index contributed by atoms with van der Waals surface area (Å²) >= 11 is 0. The Bertz CT molecular complexity index is 1010. The van der Waals surface area contributed by atoms with Crippen LogP contribution in [0.25, 0.3) is 0 Å². The van der Waals surface area contributed by atoms with Crippen molar-refractivity contribution in [1.82, 2.24) is 5.32 Å². The molecule has 1 unspecified atom stereocenters. The lowest BCUT2D eigenvalue weighted by atomic mass is 9.97. The predicted molar refractivity (Wildman–Crippen MR) is 125 cm³/mol. The van der Waals surface area contributed by atoms with E-state index in [4.69, 9.17) is 4.99 Å². The van der Waals surface area contributed by atoms with Crippen LogP contribution in [0, 0.1) is 0 Å². The molecule has 2 amide bonds. The Morgan fingerprint density at radius 1 is 1.10 bits per heavy atom. The van der Waals surface area contributed by atoms with Crippen molar-refractivity contribution in [3.05, 3.63) is 77.4 Å².